The summed E-state index contributed by atoms with van der Waals surface area (Å²) < 4.78 is 31.5. The highest BCUT2D eigenvalue weighted by atomic mass is 19.1. The van der Waals surface area contributed by atoms with Crippen molar-refractivity contribution in [2.24, 2.45) is 5.73 Å². The van der Waals surface area contributed by atoms with Gasteiger partial charge in [0.05, 0.1) is 6.10 Å². The standard InChI is InChI=1S/C13H17F2NO/c14-10-6-9(7-11(15)8-10)13(16)4-3-12-2-1-5-17-12/h6-8,12-13H,1-5,16H2. The van der Waals surface area contributed by atoms with Gasteiger partial charge < -0.3 is 10.5 Å². The average Bonchev–Trinajstić information content (AvgIpc) is 2.77. The Balaban J connectivity index is 1.91. The molecular weight excluding hydrogens is 224 g/mol. The minimum atomic E-state index is -0.576. The van der Waals surface area contributed by atoms with Crippen molar-refractivity contribution in [3.8, 4) is 0 Å². The zero-order valence-electron chi connectivity index (χ0n) is 9.66. The largest absolute Gasteiger partial charge is 0.378 e. The molecule has 1 aromatic carbocycles. The van der Waals surface area contributed by atoms with Crippen molar-refractivity contribution >= 4 is 0 Å². The van der Waals surface area contributed by atoms with Gasteiger partial charge in [-0.05, 0) is 43.4 Å². The molecule has 2 N–H and O–H groups in total. The van der Waals surface area contributed by atoms with Crippen LogP contribution in [0.15, 0.2) is 18.2 Å². The monoisotopic (exact) mass is 241 g/mol. The Morgan fingerprint density at radius 3 is 2.59 bits per heavy atom. The average molecular weight is 241 g/mol. The van der Waals surface area contributed by atoms with Crippen LogP contribution < -0.4 is 5.73 Å². The van der Waals surface area contributed by atoms with E-state index in [0.717, 1.165) is 31.9 Å². The summed E-state index contributed by atoms with van der Waals surface area (Å²) >= 11 is 0. The number of rotatable bonds is 4. The first-order valence-corrected chi connectivity index (χ1v) is 5.98. The van der Waals surface area contributed by atoms with Crippen LogP contribution >= 0.6 is 0 Å². The van der Waals surface area contributed by atoms with Crippen molar-refractivity contribution in [3.63, 3.8) is 0 Å². The van der Waals surface area contributed by atoms with Gasteiger partial charge in [-0.2, -0.15) is 0 Å². The molecule has 2 rings (SSSR count). The molecule has 94 valence electrons. The van der Waals surface area contributed by atoms with Crippen molar-refractivity contribution in [1.29, 1.82) is 0 Å². The third kappa shape index (κ3) is 3.48. The highest BCUT2D eigenvalue weighted by Gasteiger charge is 2.17. The number of ether oxygens (including phenoxy) is 1. The van der Waals surface area contributed by atoms with Crippen LogP contribution in [0.2, 0.25) is 0 Å². The molecule has 1 fully saturated rings. The molecular formula is C13H17F2NO. The second-order valence-corrected chi connectivity index (χ2v) is 4.52. The lowest BCUT2D eigenvalue weighted by molar-refractivity contribution is 0.101. The van der Waals surface area contributed by atoms with Gasteiger partial charge >= 0.3 is 0 Å². The Bertz CT molecular complexity index is 357. The highest BCUT2D eigenvalue weighted by molar-refractivity contribution is 5.21. The third-order valence-electron chi connectivity index (χ3n) is 3.14. The molecule has 0 spiro atoms. The summed E-state index contributed by atoms with van der Waals surface area (Å²) in [6, 6.07) is 3.12. The number of benzene rings is 1. The molecule has 1 heterocycles. The molecule has 4 heteroatoms. The Morgan fingerprint density at radius 1 is 1.29 bits per heavy atom. The molecule has 0 saturated carbocycles. The van der Waals surface area contributed by atoms with Crippen LogP contribution in [0.5, 0.6) is 0 Å². The lowest BCUT2D eigenvalue weighted by Gasteiger charge is -2.15. The molecule has 2 nitrogen and oxygen atoms in total. The van der Waals surface area contributed by atoms with Crippen molar-refractivity contribution in [2.45, 2.75) is 37.8 Å². The molecule has 1 aliphatic heterocycles. The van der Waals surface area contributed by atoms with Crippen LogP contribution in [0, 0.1) is 11.6 Å². The fraction of sp³-hybridized carbons (Fsp3) is 0.538. The van der Waals surface area contributed by atoms with E-state index in [9.17, 15) is 8.78 Å². The summed E-state index contributed by atoms with van der Waals surface area (Å²) in [4.78, 5) is 0. The fourth-order valence-electron chi connectivity index (χ4n) is 2.19. The summed E-state index contributed by atoms with van der Waals surface area (Å²) in [5.74, 6) is -1.15. The molecule has 0 radical (unpaired) electrons. The fourth-order valence-corrected chi connectivity index (χ4v) is 2.19. The van der Waals surface area contributed by atoms with Crippen LogP contribution in [0.3, 0.4) is 0 Å². The summed E-state index contributed by atoms with van der Waals surface area (Å²) in [5, 5.41) is 0. The second-order valence-electron chi connectivity index (χ2n) is 4.52. The number of hydrogen-bond acceptors (Lipinski definition) is 2. The molecule has 0 aromatic heterocycles. The maximum atomic E-state index is 13.0. The zero-order valence-corrected chi connectivity index (χ0v) is 9.66. The quantitative estimate of drug-likeness (QED) is 0.879. The van der Waals surface area contributed by atoms with E-state index in [1.54, 1.807) is 0 Å². The summed E-state index contributed by atoms with van der Waals surface area (Å²) in [7, 11) is 0. The highest BCUT2D eigenvalue weighted by Crippen LogP contribution is 2.23. The minimum absolute atomic E-state index is 0.263. The van der Waals surface area contributed by atoms with Crippen molar-refractivity contribution in [3.05, 3.63) is 35.4 Å². The number of halogens is 2. The van der Waals surface area contributed by atoms with Crippen molar-refractivity contribution in [2.75, 3.05) is 6.61 Å². The maximum Gasteiger partial charge on any atom is 0.126 e. The first-order valence-electron chi connectivity index (χ1n) is 5.98. The van der Waals surface area contributed by atoms with Crippen molar-refractivity contribution < 1.29 is 13.5 Å². The van der Waals surface area contributed by atoms with Gasteiger partial charge in [0.1, 0.15) is 11.6 Å². The van der Waals surface area contributed by atoms with E-state index >= 15 is 0 Å². The van der Waals surface area contributed by atoms with Gasteiger partial charge in [0.2, 0.25) is 0 Å². The van der Waals surface area contributed by atoms with E-state index in [1.165, 1.54) is 12.1 Å². The summed E-state index contributed by atoms with van der Waals surface area (Å²) in [6.45, 7) is 0.814. The van der Waals surface area contributed by atoms with Gasteiger partial charge in [-0.15, -0.1) is 0 Å². The van der Waals surface area contributed by atoms with E-state index < -0.39 is 11.6 Å². The number of hydrogen-bond donors (Lipinski definition) is 1. The first-order chi connectivity index (χ1) is 8.15. The minimum Gasteiger partial charge on any atom is -0.378 e. The first kappa shape index (κ1) is 12.5. The molecule has 0 aliphatic carbocycles. The van der Waals surface area contributed by atoms with E-state index in [0.29, 0.717) is 12.0 Å². The summed E-state index contributed by atoms with van der Waals surface area (Å²) in [6.07, 6.45) is 3.95. The molecule has 17 heavy (non-hydrogen) atoms. The smallest absolute Gasteiger partial charge is 0.126 e. The predicted octanol–water partition coefficient (Wildman–Crippen LogP) is 2.92. The predicted molar refractivity (Wildman–Crippen MR) is 61.5 cm³/mol. The van der Waals surface area contributed by atoms with Crippen LogP contribution in [0.4, 0.5) is 8.78 Å². The molecule has 1 aromatic rings. The van der Waals surface area contributed by atoms with Gasteiger partial charge in [-0.3, -0.25) is 0 Å². The maximum absolute atomic E-state index is 13.0. The van der Waals surface area contributed by atoms with Crippen LogP contribution in [-0.4, -0.2) is 12.7 Å². The SMILES string of the molecule is NC(CCC1CCCO1)c1cc(F)cc(F)c1. The molecule has 0 bridgehead atoms. The molecule has 0 amide bonds. The normalized spacial score (nSPS) is 21.7. The van der Waals surface area contributed by atoms with Crippen LogP contribution in [0.25, 0.3) is 0 Å². The second kappa shape index (κ2) is 5.56. The van der Waals surface area contributed by atoms with Gasteiger partial charge in [-0.25, -0.2) is 8.78 Å². The molecule has 2 unspecified atom stereocenters. The molecule has 1 aliphatic rings. The zero-order chi connectivity index (χ0) is 12.3. The third-order valence-corrected chi connectivity index (χ3v) is 3.14. The van der Waals surface area contributed by atoms with E-state index in [2.05, 4.69) is 0 Å². The van der Waals surface area contributed by atoms with Gasteiger partial charge in [0.25, 0.3) is 0 Å². The van der Waals surface area contributed by atoms with E-state index in [1.807, 2.05) is 0 Å². The van der Waals surface area contributed by atoms with Gasteiger partial charge in [0, 0.05) is 18.7 Å². The Morgan fingerprint density at radius 2 is 2.00 bits per heavy atom. The number of nitrogens with two attached hydrogens (primary N) is 1. The Kier molecular flexibility index (Phi) is 4.07. The Labute approximate surface area is 99.8 Å². The van der Waals surface area contributed by atoms with Crippen LogP contribution in [-0.2, 0) is 4.74 Å². The van der Waals surface area contributed by atoms with E-state index in [4.69, 9.17) is 10.5 Å². The Hall–Kier alpha value is -1.00. The van der Waals surface area contributed by atoms with Crippen molar-refractivity contribution in [1.82, 2.24) is 0 Å². The summed E-state index contributed by atoms with van der Waals surface area (Å²) in [5.41, 5.74) is 6.44. The molecule has 1 saturated heterocycles. The lowest BCUT2D eigenvalue weighted by Crippen LogP contribution is -2.14. The topological polar surface area (TPSA) is 35.2 Å². The van der Waals surface area contributed by atoms with Crippen LogP contribution in [0.1, 0.15) is 37.3 Å². The van der Waals surface area contributed by atoms with Gasteiger partial charge in [-0.1, -0.05) is 0 Å². The lowest BCUT2D eigenvalue weighted by atomic mass is 10.00. The van der Waals surface area contributed by atoms with E-state index in [-0.39, 0.29) is 12.1 Å². The van der Waals surface area contributed by atoms with Gasteiger partial charge in [0.15, 0.2) is 0 Å². The molecule has 2 atom stereocenters.